The number of alkyl carbamates (subject to hydrolysis) is 1. The quantitative estimate of drug-likeness (QED) is 0.765. The smallest absolute Gasteiger partial charge is 0.408 e. The molecular formula is C18H20F2N2O6. The standard InChI is InChI=1S/C18H20F2N2O6/c1-17(2,3)27-16(26)21-12(9-18(4,19)20)15(25)28-22-13(23)10-7-5-6-8-11(10)14(22)24/h5-8,12H,9H2,1-4H3,(H,21,26). The first-order valence-corrected chi connectivity index (χ1v) is 8.35. The topological polar surface area (TPSA) is 102 Å². The lowest BCUT2D eigenvalue weighted by Crippen LogP contribution is -2.48. The van der Waals surface area contributed by atoms with Gasteiger partial charge < -0.3 is 14.9 Å². The van der Waals surface area contributed by atoms with E-state index in [1.807, 2.05) is 5.32 Å². The average molecular weight is 398 g/mol. The molecule has 1 aliphatic rings. The number of fused-ring (bicyclic) bond motifs is 1. The van der Waals surface area contributed by atoms with Crippen LogP contribution in [0.5, 0.6) is 0 Å². The molecule has 2 rings (SSSR count). The van der Waals surface area contributed by atoms with Crippen molar-refractivity contribution in [2.75, 3.05) is 0 Å². The van der Waals surface area contributed by atoms with Gasteiger partial charge in [-0.25, -0.2) is 18.4 Å². The highest BCUT2D eigenvalue weighted by Crippen LogP contribution is 2.24. The van der Waals surface area contributed by atoms with E-state index in [1.165, 1.54) is 24.3 Å². The summed E-state index contributed by atoms with van der Waals surface area (Å²) < 4.78 is 31.9. The summed E-state index contributed by atoms with van der Waals surface area (Å²) in [6, 6.07) is 3.90. The maximum Gasteiger partial charge on any atom is 0.408 e. The molecule has 8 nitrogen and oxygen atoms in total. The van der Waals surface area contributed by atoms with Crippen molar-refractivity contribution in [2.24, 2.45) is 0 Å². The van der Waals surface area contributed by atoms with Crippen LogP contribution in [0.15, 0.2) is 24.3 Å². The van der Waals surface area contributed by atoms with Gasteiger partial charge in [0.25, 0.3) is 11.8 Å². The van der Waals surface area contributed by atoms with E-state index in [1.54, 1.807) is 20.8 Å². The number of ether oxygens (including phenoxy) is 1. The molecule has 1 N–H and O–H groups in total. The van der Waals surface area contributed by atoms with Crippen molar-refractivity contribution >= 4 is 23.9 Å². The highest BCUT2D eigenvalue weighted by atomic mass is 19.3. The second kappa shape index (κ2) is 7.53. The van der Waals surface area contributed by atoms with E-state index >= 15 is 0 Å². The van der Waals surface area contributed by atoms with Crippen LogP contribution in [0.2, 0.25) is 0 Å². The number of carbonyl (C=O) groups is 4. The predicted molar refractivity (Wildman–Crippen MR) is 91.4 cm³/mol. The van der Waals surface area contributed by atoms with Crippen LogP contribution in [0.4, 0.5) is 13.6 Å². The van der Waals surface area contributed by atoms with Crippen LogP contribution in [0.1, 0.15) is 54.8 Å². The van der Waals surface area contributed by atoms with Crippen LogP contribution in [0.25, 0.3) is 0 Å². The van der Waals surface area contributed by atoms with Crippen molar-refractivity contribution in [2.45, 2.75) is 51.7 Å². The van der Waals surface area contributed by atoms with Crippen LogP contribution in [-0.4, -0.2) is 46.5 Å². The summed E-state index contributed by atoms with van der Waals surface area (Å²) in [6.07, 6.45) is -2.24. The summed E-state index contributed by atoms with van der Waals surface area (Å²) in [5.41, 5.74) is -0.911. The molecular weight excluding hydrogens is 378 g/mol. The highest BCUT2D eigenvalue weighted by Gasteiger charge is 2.42. The first-order chi connectivity index (χ1) is 12.8. The van der Waals surface area contributed by atoms with E-state index in [2.05, 4.69) is 0 Å². The monoisotopic (exact) mass is 398 g/mol. The van der Waals surface area contributed by atoms with E-state index in [-0.39, 0.29) is 16.2 Å². The minimum Gasteiger partial charge on any atom is -0.444 e. The minimum absolute atomic E-state index is 0.0118. The number of imide groups is 1. The molecule has 0 saturated carbocycles. The number of halogens is 2. The fraction of sp³-hybridized carbons (Fsp3) is 0.444. The molecule has 3 amide bonds. The van der Waals surface area contributed by atoms with Crippen molar-refractivity contribution in [3.8, 4) is 0 Å². The number of rotatable bonds is 5. The Labute approximate surface area is 159 Å². The van der Waals surface area contributed by atoms with Gasteiger partial charge in [0, 0.05) is 6.42 Å². The lowest BCUT2D eigenvalue weighted by molar-refractivity contribution is -0.173. The summed E-state index contributed by atoms with van der Waals surface area (Å²) in [5, 5.41) is 2.17. The third-order valence-corrected chi connectivity index (χ3v) is 3.48. The van der Waals surface area contributed by atoms with Gasteiger partial charge in [-0.2, -0.15) is 0 Å². The van der Waals surface area contributed by atoms with Crippen LogP contribution >= 0.6 is 0 Å². The number of alkyl halides is 2. The van der Waals surface area contributed by atoms with E-state index in [4.69, 9.17) is 9.57 Å². The molecule has 1 unspecified atom stereocenters. The maximum absolute atomic E-state index is 13.5. The molecule has 152 valence electrons. The van der Waals surface area contributed by atoms with Gasteiger partial charge in [-0.15, -0.1) is 0 Å². The van der Waals surface area contributed by atoms with E-state index in [0.717, 1.165) is 0 Å². The second-order valence-corrected chi connectivity index (χ2v) is 7.33. The van der Waals surface area contributed by atoms with E-state index < -0.39 is 47.9 Å². The van der Waals surface area contributed by atoms with E-state index in [9.17, 15) is 28.0 Å². The number of carbonyl (C=O) groups excluding carboxylic acids is 4. The molecule has 28 heavy (non-hydrogen) atoms. The maximum atomic E-state index is 13.5. The Bertz CT molecular complexity index is 778. The van der Waals surface area contributed by atoms with Crippen LogP contribution < -0.4 is 5.32 Å². The van der Waals surface area contributed by atoms with Gasteiger partial charge in [-0.05, 0) is 39.8 Å². The average Bonchev–Trinajstić information content (AvgIpc) is 2.76. The summed E-state index contributed by atoms with van der Waals surface area (Å²) in [7, 11) is 0. The number of nitrogens with zero attached hydrogens (tertiary/aromatic N) is 1. The summed E-state index contributed by atoms with van der Waals surface area (Å²) >= 11 is 0. The molecule has 0 fully saturated rings. The molecule has 0 spiro atoms. The van der Waals surface area contributed by atoms with E-state index in [0.29, 0.717) is 6.92 Å². The SMILES string of the molecule is CC(F)(F)CC(NC(=O)OC(C)(C)C)C(=O)ON1C(=O)c2ccccc2C1=O. The van der Waals surface area contributed by atoms with Gasteiger partial charge in [0.2, 0.25) is 5.92 Å². The highest BCUT2D eigenvalue weighted by molar-refractivity contribution is 6.20. The second-order valence-electron chi connectivity index (χ2n) is 7.33. The first-order valence-electron chi connectivity index (χ1n) is 8.35. The van der Waals surface area contributed by atoms with Gasteiger partial charge in [0.15, 0.2) is 0 Å². The predicted octanol–water partition coefficient (Wildman–Crippen LogP) is 2.68. The van der Waals surface area contributed by atoms with Gasteiger partial charge in [-0.3, -0.25) is 9.59 Å². The Morgan fingerprint density at radius 2 is 1.57 bits per heavy atom. The number of amides is 3. The Hall–Kier alpha value is -3.04. The van der Waals surface area contributed by atoms with Crippen LogP contribution in [0, 0.1) is 0 Å². The Morgan fingerprint density at radius 3 is 2.00 bits per heavy atom. The largest absolute Gasteiger partial charge is 0.444 e. The van der Waals surface area contributed by atoms with Gasteiger partial charge in [0.05, 0.1) is 11.1 Å². The van der Waals surface area contributed by atoms with Crippen molar-refractivity contribution in [3.63, 3.8) is 0 Å². The molecule has 1 heterocycles. The minimum atomic E-state index is -3.35. The number of hydrogen-bond donors (Lipinski definition) is 1. The lowest BCUT2D eigenvalue weighted by Gasteiger charge is -2.25. The lowest BCUT2D eigenvalue weighted by atomic mass is 10.1. The fourth-order valence-electron chi connectivity index (χ4n) is 2.41. The normalized spacial score (nSPS) is 15.1. The van der Waals surface area contributed by atoms with Crippen LogP contribution in [0.3, 0.4) is 0 Å². The molecule has 1 aromatic carbocycles. The zero-order valence-corrected chi connectivity index (χ0v) is 15.7. The molecule has 1 atom stereocenters. The third-order valence-electron chi connectivity index (χ3n) is 3.48. The van der Waals surface area contributed by atoms with Crippen molar-refractivity contribution in [1.82, 2.24) is 10.4 Å². The Balaban J connectivity index is 2.15. The third kappa shape index (κ3) is 5.24. The molecule has 0 radical (unpaired) electrons. The summed E-state index contributed by atoms with van der Waals surface area (Å²) in [5.74, 6) is -6.57. The fourth-order valence-corrected chi connectivity index (χ4v) is 2.41. The zero-order valence-electron chi connectivity index (χ0n) is 15.7. The molecule has 0 aromatic heterocycles. The molecule has 0 bridgehead atoms. The van der Waals surface area contributed by atoms with Crippen molar-refractivity contribution in [3.05, 3.63) is 35.4 Å². The zero-order chi connectivity index (χ0) is 21.3. The molecule has 1 aromatic rings. The van der Waals surface area contributed by atoms with Crippen molar-refractivity contribution in [1.29, 1.82) is 0 Å². The number of hydrogen-bond acceptors (Lipinski definition) is 6. The number of nitrogens with one attached hydrogen (secondary N) is 1. The first kappa shape index (κ1) is 21.3. The van der Waals surface area contributed by atoms with Gasteiger partial charge in [-0.1, -0.05) is 17.2 Å². The van der Waals surface area contributed by atoms with Crippen LogP contribution in [-0.2, 0) is 14.4 Å². The Morgan fingerprint density at radius 1 is 1.07 bits per heavy atom. The number of benzene rings is 1. The van der Waals surface area contributed by atoms with Crippen molar-refractivity contribution < 1.29 is 37.5 Å². The number of hydroxylamine groups is 2. The molecule has 0 saturated heterocycles. The molecule has 1 aliphatic heterocycles. The van der Waals surface area contributed by atoms with Gasteiger partial charge >= 0.3 is 12.1 Å². The molecule has 10 heteroatoms. The van der Waals surface area contributed by atoms with Gasteiger partial charge in [0.1, 0.15) is 11.6 Å². The molecule has 0 aliphatic carbocycles. The summed E-state index contributed by atoms with van der Waals surface area (Å²) in [6.45, 7) is 5.19. The Kier molecular flexibility index (Phi) is 5.72. The summed E-state index contributed by atoms with van der Waals surface area (Å²) in [4.78, 5) is 53.4.